The minimum Gasteiger partial charge on any atom is -0.508 e. The van der Waals surface area contributed by atoms with Crippen LogP contribution in [0.5, 0.6) is 11.5 Å². The molecule has 0 saturated carbocycles. The first kappa shape index (κ1) is 14.8. The molecule has 0 radical (unpaired) electrons. The number of H-pyrrole nitrogens is 1. The average molecular weight is 308 g/mol. The van der Waals surface area contributed by atoms with Crippen molar-refractivity contribution in [1.82, 2.24) is 10.2 Å². The molecule has 0 saturated heterocycles. The molecule has 3 aromatic rings. The lowest BCUT2D eigenvalue weighted by Crippen LogP contribution is -2.15. The number of hydrogen-bond acceptors (Lipinski definition) is 4. The molecule has 0 unspecified atom stereocenters. The number of para-hydroxylation sites is 1. The van der Waals surface area contributed by atoms with Gasteiger partial charge < -0.3 is 9.84 Å². The topological polar surface area (TPSA) is 75.2 Å². The van der Waals surface area contributed by atoms with E-state index in [2.05, 4.69) is 10.2 Å². The molecule has 0 aliphatic carbocycles. The van der Waals surface area contributed by atoms with Crippen LogP contribution in [0.25, 0.3) is 11.3 Å². The lowest BCUT2D eigenvalue weighted by Gasteiger charge is -2.06. The second-order valence-electron chi connectivity index (χ2n) is 5.14. The Bertz CT molecular complexity index is 870. The van der Waals surface area contributed by atoms with Gasteiger partial charge in [0.1, 0.15) is 11.5 Å². The lowest BCUT2D eigenvalue weighted by molar-refractivity contribution is 0.415. The van der Waals surface area contributed by atoms with Gasteiger partial charge in [0.15, 0.2) is 0 Å². The number of nitrogens with zero attached hydrogens (tertiary/aromatic N) is 1. The quantitative estimate of drug-likeness (QED) is 0.777. The van der Waals surface area contributed by atoms with E-state index in [4.69, 9.17) is 4.74 Å². The Labute approximate surface area is 133 Å². The first-order valence-corrected chi connectivity index (χ1v) is 7.17. The zero-order chi connectivity index (χ0) is 16.2. The van der Waals surface area contributed by atoms with E-state index in [-0.39, 0.29) is 11.3 Å². The summed E-state index contributed by atoms with van der Waals surface area (Å²) in [7, 11) is 1.61. The van der Waals surface area contributed by atoms with Gasteiger partial charge in [-0.3, -0.25) is 4.79 Å². The third-order valence-corrected chi connectivity index (χ3v) is 3.64. The highest BCUT2D eigenvalue weighted by Crippen LogP contribution is 2.22. The molecule has 1 heterocycles. The van der Waals surface area contributed by atoms with Crippen LogP contribution in [0.4, 0.5) is 0 Å². The molecule has 3 rings (SSSR count). The summed E-state index contributed by atoms with van der Waals surface area (Å²) in [4.78, 5) is 12.0. The third kappa shape index (κ3) is 3.23. The average Bonchev–Trinajstić information content (AvgIpc) is 2.59. The molecular weight excluding hydrogens is 292 g/mol. The van der Waals surface area contributed by atoms with E-state index in [1.165, 1.54) is 0 Å². The van der Waals surface area contributed by atoms with Crippen LogP contribution >= 0.6 is 0 Å². The number of aromatic nitrogens is 2. The van der Waals surface area contributed by atoms with Crippen molar-refractivity contribution in [1.29, 1.82) is 0 Å². The van der Waals surface area contributed by atoms with Crippen molar-refractivity contribution in [2.75, 3.05) is 7.11 Å². The second-order valence-corrected chi connectivity index (χ2v) is 5.14. The smallest absolute Gasteiger partial charge is 0.267 e. The summed E-state index contributed by atoms with van der Waals surface area (Å²) in [5, 5.41) is 16.5. The summed E-state index contributed by atoms with van der Waals surface area (Å²) in [6, 6.07) is 16.2. The second kappa shape index (κ2) is 6.36. The monoisotopic (exact) mass is 308 g/mol. The SMILES string of the molecule is COc1ccc(-c2cc(Cc3ccccc3O)c(=O)[nH]n2)cc1. The fourth-order valence-electron chi connectivity index (χ4n) is 2.35. The van der Waals surface area contributed by atoms with E-state index in [1.54, 1.807) is 31.4 Å². The normalized spacial score (nSPS) is 10.5. The van der Waals surface area contributed by atoms with E-state index in [9.17, 15) is 9.90 Å². The van der Waals surface area contributed by atoms with Crippen LogP contribution in [-0.4, -0.2) is 22.4 Å². The number of hydrogen-bond donors (Lipinski definition) is 2. The van der Waals surface area contributed by atoms with Crippen LogP contribution in [0.3, 0.4) is 0 Å². The van der Waals surface area contributed by atoms with Crippen molar-refractivity contribution in [2.45, 2.75) is 6.42 Å². The molecule has 23 heavy (non-hydrogen) atoms. The van der Waals surface area contributed by atoms with Gasteiger partial charge in [-0.05, 0) is 42.0 Å². The highest BCUT2D eigenvalue weighted by molar-refractivity contribution is 5.60. The van der Waals surface area contributed by atoms with E-state index in [0.29, 0.717) is 23.2 Å². The number of aromatic amines is 1. The Hall–Kier alpha value is -3.08. The molecule has 5 heteroatoms. The van der Waals surface area contributed by atoms with Gasteiger partial charge in [0, 0.05) is 17.5 Å². The molecule has 116 valence electrons. The van der Waals surface area contributed by atoms with Crippen LogP contribution in [0.2, 0.25) is 0 Å². The maximum absolute atomic E-state index is 12.0. The maximum atomic E-state index is 12.0. The molecule has 0 amide bonds. The Morgan fingerprint density at radius 2 is 1.83 bits per heavy atom. The zero-order valence-electron chi connectivity index (χ0n) is 12.6. The summed E-state index contributed by atoms with van der Waals surface area (Å²) < 4.78 is 5.13. The van der Waals surface area contributed by atoms with Crippen molar-refractivity contribution in [3.63, 3.8) is 0 Å². The van der Waals surface area contributed by atoms with Gasteiger partial charge in [0.25, 0.3) is 5.56 Å². The molecule has 2 N–H and O–H groups in total. The van der Waals surface area contributed by atoms with E-state index in [1.807, 2.05) is 30.3 Å². The summed E-state index contributed by atoms with van der Waals surface area (Å²) in [5.41, 5.74) is 2.53. The van der Waals surface area contributed by atoms with E-state index < -0.39 is 0 Å². The van der Waals surface area contributed by atoms with Gasteiger partial charge in [-0.1, -0.05) is 18.2 Å². The summed E-state index contributed by atoms with van der Waals surface area (Å²) in [5.74, 6) is 0.933. The number of methoxy groups -OCH3 is 1. The van der Waals surface area contributed by atoms with Crippen LogP contribution < -0.4 is 10.3 Å². The van der Waals surface area contributed by atoms with Gasteiger partial charge in [-0.15, -0.1) is 0 Å². The minimum absolute atomic E-state index is 0.176. The molecule has 0 atom stereocenters. The Kier molecular flexibility index (Phi) is 4.10. The standard InChI is InChI=1S/C18H16N2O3/c1-23-15-8-6-12(7-9-15)16-11-14(18(22)20-19-16)10-13-4-2-3-5-17(13)21/h2-9,11,21H,10H2,1H3,(H,20,22). The molecule has 5 nitrogen and oxygen atoms in total. The van der Waals surface area contributed by atoms with Crippen LogP contribution in [0.1, 0.15) is 11.1 Å². The molecule has 0 spiro atoms. The van der Waals surface area contributed by atoms with Crippen LogP contribution in [-0.2, 0) is 6.42 Å². The van der Waals surface area contributed by atoms with Gasteiger partial charge in [0.05, 0.1) is 12.8 Å². The fourth-order valence-corrected chi connectivity index (χ4v) is 2.35. The maximum Gasteiger partial charge on any atom is 0.267 e. The molecule has 0 bridgehead atoms. The number of nitrogens with one attached hydrogen (secondary N) is 1. The predicted octanol–water partition coefficient (Wildman–Crippen LogP) is 2.74. The molecule has 0 aliphatic heterocycles. The zero-order valence-corrected chi connectivity index (χ0v) is 12.6. The van der Waals surface area contributed by atoms with Crippen molar-refractivity contribution in [3.8, 4) is 22.8 Å². The first-order valence-electron chi connectivity index (χ1n) is 7.17. The Morgan fingerprint density at radius 3 is 2.52 bits per heavy atom. The van der Waals surface area contributed by atoms with Gasteiger partial charge >= 0.3 is 0 Å². The summed E-state index contributed by atoms with van der Waals surface area (Å²) >= 11 is 0. The fraction of sp³-hybridized carbons (Fsp3) is 0.111. The summed E-state index contributed by atoms with van der Waals surface area (Å²) in [6.07, 6.45) is 0.341. The van der Waals surface area contributed by atoms with Crippen molar-refractivity contribution in [2.24, 2.45) is 0 Å². The first-order chi connectivity index (χ1) is 11.2. The van der Waals surface area contributed by atoms with Gasteiger partial charge in [0.2, 0.25) is 0 Å². The number of rotatable bonds is 4. The van der Waals surface area contributed by atoms with Crippen molar-refractivity contribution in [3.05, 3.63) is 76.1 Å². The van der Waals surface area contributed by atoms with Crippen molar-refractivity contribution < 1.29 is 9.84 Å². The molecule has 0 aliphatic rings. The number of phenolic OH excluding ortho intramolecular Hbond substituents is 1. The molecule has 0 fully saturated rings. The largest absolute Gasteiger partial charge is 0.508 e. The number of benzene rings is 2. The van der Waals surface area contributed by atoms with Crippen LogP contribution in [0, 0.1) is 0 Å². The van der Waals surface area contributed by atoms with Gasteiger partial charge in [-0.25, -0.2) is 5.10 Å². The number of aromatic hydroxyl groups is 1. The third-order valence-electron chi connectivity index (χ3n) is 3.64. The highest BCUT2D eigenvalue weighted by atomic mass is 16.5. The van der Waals surface area contributed by atoms with Crippen LogP contribution in [0.15, 0.2) is 59.4 Å². The van der Waals surface area contributed by atoms with E-state index in [0.717, 1.165) is 11.3 Å². The minimum atomic E-state index is -0.259. The van der Waals surface area contributed by atoms with E-state index >= 15 is 0 Å². The molecule has 1 aromatic heterocycles. The highest BCUT2D eigenvalue weighted by Gasteiger charge is 2.09. The predicted molar refractivity (Wildman–Crippen MR) is 87.8 cm³/mol. The number of phenols is 1. The summed E-state index contributed by atoms with van der Waals surface area (Å²) in [6.45, 7) is 0. The lowest BCUT2D eigenvalue weighted by atomic mass is 10.0. The van der Waals surface area contributed by atoms with Gasteiger partial charge in [-0.2, -0.15) is 5.10 Å². The Balaban J connectivity index is 1.95. The Morgan fingerprint density at radius 1 is 1.09 bits per heavy atom. The van der Waals surface area contributed by atoms with Crippen molar-refractivity contribution >= 4 is 0 Å². The molecular formula is C18H16N2O3. The molecule has 2 aromatic carbocycles. The number of ether oxygens (including phenoxy) is 1.